The van der Waals surface area contributed by atoms with Gasteiger partial charge in [0, 0.05) is 10.8 Å². The first-order chi connectivity index (χ1) is 20.5. The van der Waals surface area contributed by atoms with E-state index in [1.807, 2.05) is 100 Å². The van der Waals surface area contributed by atoms with Crippen LogP contribution in [0.5, 0.6) is 23.0 Å². The molecular weight excluding hydrogens is 524 g/mol. The summed E-state index contributed by atoms with van der Waals surface area (Å²) in [5, 5.41) is 27.3. The van der Waals surface area contributed by atoms with Gasteiger partial charge in [-0.05, 0) is 109 Å². The van der Waals surface area contributed by atoms with E-state index in [1.165, 1.54) is 0 Å². The lowest BCUT2D eigenvalue weighted by atomic mass is 9.97. The number of nitrogens with zero attached hydrogens (tertiary/aromatic N) is 2. The van der Waals surface area contributed by atoms with Gasteiger partial charge in [0.05, 0.1) is 49.7 Å². The van der Waals surface area contributed by atoms with Crippen LogP contribution in [-0.2, 0) is 0 Å². The summed E-state index contributed by atoms with van der Waals surface area (Å²) < 4.78 is 23.4. The monoisotopic (exact) mass is 556 g/mol. The van der Waals surface area contributed by atoms with Gasteiger partial charge in [0.25, 0.3) is 0 Å². The van der Waals surface area contributed by atoms with E-state index in [0.717, 1.165) is 43.1 Å². The van der Waals surface area contributed by atoms with E-state index in [-0.39, 0.29) is 0 Å². The number of hydrogen-bond donors (Lipinski definition) is 0. The first-order valence-corrected chi connectivity index (χ1v) is 14.2. The molecule has 0 aromatic heterocycles. The molecule has 5 aromatic rings. The van der Waals surface area contributed by atoms with Crippen molar-refractivity contribution in [1.29, 1.82) is 10.5 Å². The third-order valence-corrected chi connectivity index (χ3v) is 7.03. The number of rotatable bonds is 8. The molecule has 0 bridgehead atoms. The minimum absolute atomic E-state index is 0.502. The van der Waals surface area contributed by atoms with Gasteiger partial charge in [-0.15, -0.1) is 0 Å². The van der Waals surface area contributed by atoms with Gasteiger partial charge in [0.2, 0.25) is 0 Å². The Labute approximate surface area is 245 Å². The summed E-state index contributed by atoms with van der Waals surface area (Å²) in [7, 11) is 0. The molecule has 0 atom stereocenters. The summed E-state index contributed by atoms with van der Waals surface area (Å²) in [4.78, 5) is 0. The van der Waals surface area contributed by atoms with Crippen molar-refractivity contribution in [3.05, 3.63) is 83.9 Å². The molecule has 0 radical (unpaired) electrons. The van der Waals surface area contributed by atoms with Crippen LogP contribution in [0.1, 0.15) is 38.8 Å². The van der Waals surface area contributed by atoms with Crippen LogP contribution in [0.15, 0.2) is 72.8 Å². The van der Waals surface area contributed by atoms with Crippen molar-refractivity contribution in [3.8, 4) is 35.1 Å². The van der Waals surface area contributed by atoms with Gasteiger partial charge >= 0.3 is 0 Å². The maximum atomic E-state index is 10.3. The summed E-state index contributed by atoms with van der Waals surface area (Å²) in [6, 6.07) is 28.3. The number of nitriles is 2. The number of ether oxygens (including phenoxy) is 4. The fourth-order valence-corrected chi connectivity index (χ4v) is 5.18. The van der Waals surface area contributed by atoms with E-state index < -0.39 is 0 Å². The molecule has 0 spiro atoms. The maximum Gasteiger partial charge on any atom is 0.161 e. The zero-order valence-electron chi connectivity index (χ0n) is 24.3. The highest BCUT2D eigenvalue weighted by Gasteiger charge is 2.11. The summed E-state index contributed by atoms with van der Waals surface area (Å²) in [6.07, 6.45) is 0. The summed E-state index contributed by atoms with van der Waals surface area (Å²) in [6.45, 7) is 9.75. The van der Waals surface area contributed by atoms with Crippen LogP contribution in [0, 0.1) is 22.7 Å². The molecule has 0 amide bonds. The van der Waals surface area contributed by atoms with Gasteiger partial charge in [-0.1, -0.05) is 24.3 Å². The number of hydrogen-bond acceptors (Lipinski definition) is 6. The lowest BCUT2D eigenvalue weighted by Gasteiger charge is -2.12. The standard InChI is InChI=1S/C36H32N2O4/c1-5-39-33-17-23-9-11-25-15-32-26(16-31(25)29(21-37)13-27(23)19-35(33)41-7-3)12-10-24-18-34(40-6-2)36(42-8-4)20-28(24)14-30(32)22-38/h9-20H,5-8H2,1-4H3. The van der Waals surface area contributed by atoms with Crippen LogP contribution in [0.2, 0.25) is 0 Å². The number of fused-ring (bicyclic) bond motifs is 4. The van der Waals surface area contributed by atoms with Gasteiger partial charge in [0.1, 0.15) is 0 Å². The molecule has 42 heavy (non-hydrogen) atoms. The summed E-state index contributed by atoms with van der Waals surface area (Å²) in [5.74, 6) is 2.60. The smallest absolute Gasteiger partial charge is 0.161 e. The molecule has 5 rings (SSSR count). The van der Waals surface area contributed by atoms with Gasteiger partial charge < -0.3 is 18.9 Å². The van der Waals surface area contributed by atoms with Crippen molar-refractivity contribution < 1.29 is 18.9 Å². The van der Waals surface area contributed by atoms with Gasteiger partial charge in [-0.3, -0.25) is 0 Å². The van der Waals surface area contributed by atoms with E-state index >= 15 is 0 Å². The second kappa shape index (κ2) is 12.5. The predicted octanol–water partition coefficient (Wildman–Crippen LogP) is 8.76. The van der Waals surface area contributed by atoms with E-state index in [1.54, 1.807) is 0 Å². The quantitative estimate of drug-likeness (QED) is 0.190. The summed E-state index contributed by atoms with van der Waals surface area (Å²) in [5.41, 5.74) is 1.03. The average Bonchev–Trinajstić information content (AvgIpc) is 2.98. The van der Waals surface area contributed by atoms with Crippen LogP contribution >= 0.6 is 0 Å². The molecular formula is C36H32N2O4. The first-order valence-electron chi connectivity index (χ1n) is 14.2. The minimum atomic E-state index is 0.502. The molecule has 0 saturated carbocycles. The topological polar surface area (TPSA) is 84.5 Å². The Morgan fingerprint density at radius 1 is 0.429 bits per heavy atom. The Bertz CT molecular complexity index is 1820. The van der Waals surface area contributed by atoms with Crippen molar-refractivity contribution in [1.82, 2.24) is 0 Å². The number of benzene rings is 3. The molecule has 6 heteroatoms. The molecule has 0 heterocycles. The van der Waals surface area contributed by atoms with Crippen LogP contribution in [0.3, 0.4) is 0 Å². The van der Waals surface area contributed by atoms with Gasteiger partial charge in [0.15, 0.2) is 23.0 Å². The van der Waals surface area contributed by atoms with Crippen molar-refractivity contribution in [2.45, 2.75) is 27.7 Å². The van der Waals surface area contributed by atoms with Crippen molar-refractivity contribution in [2.24, 2.45) is 0 Å². The fraction of sp³-hybridized carbons (Fsp3) is 0.222. The van der Waals surface area contributed by atoms with E-state index in [4.69, 9.17) is 18.9 Å². The van der Waals surface area contributed by atoms with Crippen molar-refractivity contribution in [2.75, 3.05) is 26.4 Å². The second-order valence-corrected chi connectivity index (χ2v) is 9.62. The molecule has 0 aliphatic carbocycles. The van der Waals surface area contributed by atoms with Crippen LogP contribution in [0.25, 0.3) is 43.1 Å². The molecule has 0 fully saturated rings. The van der Waals surface area contributed by atoms with E-state index in [2.05, 4.69) is 12.1 Å². The molecule has 0 aliphatic heterocycles. The Kier molecular flexibility index (Phi) is 8.46. The zero-order valence-corrected chi connectivity index (χ0v) is 24.3. The molecule has 0 saturated heterocycles. The molecule has 210 valence electrons. The van der Waals surface area contributed by atoms with Gasteiger partial charge in [-0.25, -0.2) is 0 Å². The molecule has 0 unspecified atom stereocenters. The Morgan fingerprint density at radius 3 is 1.05 bits per heavy atom. The molecule has 0 N–H and O–H groups in total. The lowest BCUT2D eigenvalue weighted by Crippen LogP contribution is -1.98. The lowest BCUT2D eigenvalue weighted by molar-refractivity contribution is 0.288. The predicted molar refractivity (Wildman–Crippen MR) is 168 cm³/mol. The van der Waals surface area contributed by atoms with E-state index in [0.29, 0.717) is 60.6 Å². The van der Waals surface area contributed by atoms with Gasteiger partial charge in [-0.2, -0.15) is 10.5 Å². The highest BCUT2D eigenvalue weighted by molar-refractivity contribution is 6.04. The Balaban J connectivity index is 1.84. The largest absolute Gasteiger partial charge is 0.490 e. The molecule has 6 nitrogen and oxygen atoms in total. The SMILES string of the molecule is CCOc1cc2ccc3cc4c(C#N)cc5cc(OCC)c(OCC)cc5ccc4cc3c(C#N)cc2cc1OCC. The van der Waals surface area contributed by atoms with Crippen LogP contribution < -0.4 is 18.9 Å². The van der Waals surface area contributed by atoms with Crippen LogP contribution in [0.4, 0.5) is 0 Å². The second-order valence-electron chi connectivity index (χ2n) is 9.62. The van der Waals surface area contributed by atoms with Crippen molar-refractivity contribution >= 4 is 43.1 Å². The first kappa shape index (κ1) is 28.3. The van der Waals surface area contributed by atoms with E-state index in [9.17, 15) is 10.5 Å². The normalized spacial score (nSPS) is 10.7. The third kappa shape index (κ3) is 5.53. The highest BCUT2D eigenvalue weighted by atomic mass is 16.5. The zero-order chi connectivity index (χ0) is 29.6. The Hall–Kier alpha value is -5.20. The fourth-order valence-electron chi connectivity index (χ4n) is 5.18. The summed E-state index contributed by atoms with van der Waals surface area (Å²) >= 11 is 0. The minimum Gasteiger partial charge on any atom is -0.490 e. The van der Waals surface area contributed by atoms with Crippen LogP contribution in [-0.4, -0.2) is 26.4 Å². The average molecular weight is 557 g/mol. The molecule has 5 aromatic carbocycles. The third-order valence-electron chi connectivity index (χ3n) is 7.03. The highest BCUT2D eigenvalue weighted by Crippen LogP contribution is 2.36. The van der Waals surface area contributed by atoms with Crippen molar-refractivity contribution in [3.63, 3.8) is 0 Å². The maximum absolute atomic E-state index is 10.3. The Morgan fingerprint density at radius 2 is 0.738 bits per heavy atom. The molecule has 0 aliphatic rings.